The minimum atomic E-state index is -0.0667. The summed E-state index contributed by atoms with van der Waals surface area (Å²) in [4.78, 5) is 11.9. The average molecular weight is 369 g/mol. The van der Waals surface area contributed by atoms with Gasteiger partial charge in [0.2, 0.25) is 5.91 Å². The Balaban J connectivity index is 1.48. The molecule has 1 aromatic heterocycles. The summed E-state index contributed by atoms with van der Waals surface area (Å²) in [7, 11) is 1.59. The second-order valence-corrected chi connectivity index (χ2v) is 6.37. The average Bonchev–Trinajstić information content (AvgIpc) is 3.16. The highest BCUT2D eigenvalue weighted by Crippen LogP contribution is 2.30. The van der Waals surface area contributed by atoms with Gasteiger partial charge in [0.15, 0.2) is 0 Å². The molecule has 3 aromatic rings. The summed E-state index contributed by atoms with van der Waals surface area (Å²) in [6.45, 7) is 0.597. The van der Waals surface area contributed by atoms with Crippen molar-refractivity contribution in [3.63, 3.8) is 0 Å². The molecule has 0 fully saturated rings. The van der Waals surface area contributed by atoms with Gasteiger partial charge in [0, 0.05) is 6.54 Å². The molecule has 0 saturated carbocycles. The van der Waals surface area contributed by atoms with Crippen LogP contribution in [0.3, 0.4) is 0 Å². The Morgan fingerprint density at radius 3 is 2.69 bits per heavy atom. The molecular weight excluding hydrogens is 350 g/mol. The van der Waals surface area contributed by atoms with Gasteiger partial charge in [-0.15, -0.1) is 10.2 Å². The van der Waals surface area contributed by atoms with Gasteiger partial charge in [-0.1, -0.05) is 54.2 Å². The van der Waals surface area contributed by atoms with Crippen LogP contribution in [0.25, 0.3) is 11.5 Å². The fourth-order valence-electron chi connectivity index (χ4n) is 2.37. The SMILES string of the molecule is COc1ccccc1-c1nnc(SCC(=O)NCCc2ccccc2)o1. The van der Waals surface area contributed by atoms with Crippen LogP contribution in [0.2, 0.25) is 0 Å². The molecule has 2 aromatic carbocycles. The zero-order chi connectivity index (χ0) is 18.2. The lowest BCUT2D eigenvalue weighted by Gasteiger charge is -2.04. The van der Waals surface area contributed by atoms with E-state index in [2.05, 4.69) is 15.5 Å². The van der Waals surface area contributed by atoms with Crippen LogP contribution in [0.1, 0.15) is 5.56 Å². The van der Waals surface area contributed by atoms with Gasteiger partial charge in [-0.3, -0.25) is 4.79 Å². The number of para-hydroxylation sites is 1. The first-order chi connectivity index (χ1) is 12.8. The number of nitrogens with zero attached hydrogens (tertiary/aromatic N) is 2. The van der Waals surface area contributed by atoms with Crippen LogP contribution in [0.15, 0.2) is 64.2 Å². The van der Waals surface area contributed by atoms with Crippen LogP contribution in [0, 0.1) is 0 Å². The molecule has 1 amide bonds. The van der Waals surface area contributed by atoms with E-state index in [-0.39, 0.29) is 11.7 Å². The number of amides is 1. The van der Waals surface area contributed by atoms with Gasteiger partial charge in [0.25, 0.3) is 11.1 Å². The fraction of sp³-hybridized carbons (Fsp3) is 0.211. The van der Waals surface area contributed by atoms with Crippen molar-refractivity contribution >= 4 is 17.7 Å². The summed E-state index contributed by atoms with van der Waals surface area (Å²) >= 11 is 1.21. The molecule has 26 heavy (non-hydrogen) atoms. The van der Waals surface area contributed by atoms with Crippen LogP contribution in [-0.2, 0) is 11.2 Å². The van der Waals surface area contributed by atoms with Crippen LogP contribution in [0.5, 0.6) is 5.75 Å². The first kappa shape index (κ1) is 18.0. The standard InChI is InChI=1S/C19H19N3O3S/c1-24-16-10-6-5-9-15(16)18-21-22-19(25-18)26-13-17(23)20-12-11-14-7-3-2-4-8-14/h2-10H,11-13H2,1H3,(H,20,23). The van der Waals surface area contributed by atoms with Crippen molar-refractivity contribution in [2.75, 3.05) is 19.4 Å². The number of methoxy groups -OCH3 is 1. The molecule has 0 atom stereocenters. The van der Waals surface area contributed by atoms with Gasteiger partial charge in [0.1, 0.15) is 5.75 Å². The number of aromatic nitrogens is 2. The second kappa shape index (κ2) is 9.05. The summed E-state index contributed by atoms with van der Waals surface area (Å²) in [6.07, 6.45) is 0.801. The largest absolute Gasteiger partial charge is 0.496 e. The molecule has 0 bridgehead atoms. The number of carbonyl (C=O) groups excluding carboxylic acids is 1. The molecule has 0 saturated heterocycles. The van der Waals surface area contributed by atoms with E-state index >= 15 is 0 Å². The molecule has 0 aliphatic rings. The van der Waals surface area contributed by atoms with Crippen LogP contribution < -0.4 is 10.1 Å². The predicted octanol–water partition coefficient (Wildman–Crippen LogP) is 3.20. The molecule has 1 heterocycles. The van der Waals surface area contributed by atoms with Crippen molar-refractivity contribution in [2.24, 2.45) is 0 Å². The number of hydrogen-bond acceptors (Lipinski definition) is 6. The number of nitrogens with one attached hydrogen (secondary N) is 1. The summed E-state index contributed by atoms with van der Waals surface area (Å²) in [5.74, 6) is 1.19. The maximum Gasteiger partial charge on any atom is 0.277 e. The Morgan fingerprint density at radius 1 is 1.12 bits per heavy atom. The summed E-state index contributed by atoms with van der Waals surface area (Å²) in [5.41, 5.74) is 1.92. The molecule has 0 unspecified atom stereocenters. The van der Waals surface area contributed by atoms with E-state index in [1.54, 1.807) is 7.11 Å². The molecule has 3 rings (SSSR count). The Kier molecular flexibility index (Phi) is 6.27. The quantitative estimate of drug-likeness (QED) is 0.615. The van der Waals surface area contributed by atoms with E-state index < -0.39 is 0 Å². The van der Waals surface area contributed by atoms with Gasteiger partial charge >= 0.3 is 0 Å². The highest BCUT2D eigenvalue weighted by Gasteiger charge is 2.14. The van der Waals surface area contributed by atoms with Crippen molar-refractivity contribution < 1.29 is 13.9 Å². The number of carbonyl (C=O) groups is 1. The lowest BCUT2D eigenvalue weighted by Crippen LogP contribution is -2.27. The number of hydrogen-bond donors (Lipinski definition) is 1. The topological polar surface area (TPSA) is 77.2 Å². The molecule has 0 radical (unpaired) electrons. The second-order valence-electron chi connectivity index (χ2n) is 5.45. The van der Waals surface area contributed by atoms with Crippen LogP contribution in [-0.4, -0.2) is 35.5 Å². The van der Waals surface area contributed by atoms with Gasteiger partial charge < -0.3 is 14.5 Å². The zero-order valence-electron chi connectivity index (χ0n) is 14.3. The van der Waals surface area contributed by atoms with Gasteiger partial charge in [-0.05, 0) is 24.1 Å². The van der Waals surface area contributed by atoms with Crippen LogP contribution in [0.4, 0.5) is 0 Å². The van der Waals surface area contributed by atoms with E-state index in [1.807, 2.05) is 54.6 Å². The molecule has 7 heteroatoms. The van der Waals surface area contributed by atoms with Crippen molar-refractivity contribution in [1.82, 2.24) is 15.5 Å². The van der Waals surface area contributed by atoms with E-state index in [1.165, 1.54) is 17.3 Å². The van der Waals surface area contributed by atoms with Gasteiger partial charge in [-0.25, -0.2) is 0 Å². The summed E-state index contributed by atoms with van der Waals surface area (Å²) in [5, 5.41) is 11.2. The molecule has 0 spiro atoms. The Hall–Kier alpha value is -2.80. The number of benzene rings is 2. The lowest BCUT2D eigenvalue weighted by molar-refractivity contribution is -0.118. The maximum atomic E-state index is 11.9. The van der Waals surface area contributed by atoms with Crippen LogP contribution >= 0.6 is 11.8 Å². The normalized spacial score (nSPS) is 10.5. The Labute approximate surface area is 156 Å². The van der Waals surface area contributed by atoms with Gasteiger partial charge in [0.05, 0.1) is 18.4 Å². The third-order valence-corrected chi connectivity index (χ3v) is 4.47. The maximum absolute atomic E-state index is 11.9. The predicted molar refractivity (Wildman–Crippen MR) is 100 cm³/mol. The van der Waals surface area contributed by atoms with Crippen molar-refractivity contribution in [3.8, 4) is 17.2 Å². The number of ether oxygens (including phenoxy) is 1. The number of thioether (sulfide) groups is 1. The minimum Gasteiger partial charge on any atom is -0.496 e. The third kappa shape index (κ3) is 4.86. The number of rotatable bonds is 8. The van der Waals surface area contributed by atoms with Crippen molar-refractivity contribution in [3.05, 3.63) is 60.2 Å². The molecular formula is C19H19N3O3S. The molecule has 0 aliphatic carbocycles. The highest BCUT2D eigenvalue weighted by molar-refractivity contribution is 7.99. The van der Waals surface area contributed by atoms with E-state index in [0.29, 0.717) is 23.4 Å². The summed E-state index contributed by atoms with van der Waals surface area (Å²) in [6, 6.07) is 17.4. The molecule has 1 N–H and O–H groups in total. The van der Waals surface area contributed by atoms with E-state index in [0.717, 1.165) is 12.0 Å². The first-order valence-corrected chi connectivity index (χ1v) is 9.15. The first-order valence-electron chi connectivity index (χ1n) is 8.16. The lowest BCUT2D eigenvalue weighted by atomic mass is 10.1. The smallest absolute Gasteiger partial charge is 0.277 e. The Bertz CT molecular complexity index is 852. The zero-order valence-corrected chi connectivity index (χ0v) is 15.2. The fourth-order valence-corrected chi connectivity index (χ4v) is 2.96. The molecule has 6 nitrogen and oxygen atoms in total. The summed E-state index contributed by atoms with van der Waals surface area (Å²) < 4.78 is 10.9. The minimum absolute atomic E-state index is 0.0667. The van der Waals surface area contributed by atoms with Crippen molar-refractivity contribution in [2.45, 2.75) is 11.6 Å². The van der Waals surface area contributed by atoms with E-state index in [4.69, 9.17) is 9.15 Å². The molecule has 134 valence electrons. The molecule has 0 aliphatic heterocycles. The Morgan fingerprint density at radius 2 is 1.88 bits per heavy atom. The van der Waals surface area contributed by atoms with E-state index in [9.17, 15) is 4.79 Å². The highest BCUT2D eigenvalue weighted by atomic mass is 32.2. The van der Waals surface area contributed by atoms with Gasteiger partial charge in [-0.2, -0.15) is 0 Å². The van der Waals surface area contributed by atoms with Crippen molar-refractivity contribution in [1.29, 1.82) is 0 Å². The monoisotopic (exact) mass is 369 g/mol. The third-order valence-electron chi connectivity index (χ3n) is 3.65.